The minimum Gasteiger partial charge on any atom is -0.353 e. The Bertz CT molecular complexity index is 1270. The molecule has 0 bridgehead atoms. The highest BCUT2D eigenvalue weighted by molar-refractivity contribution is 5.81. The van der Waals surface area contributed by atoms with E-state index in [2.05, 4.69) is 47.7 Å². The standard InChI is InChI=1S/C26H29FN6/c1-18-24(19-8-10-20(27)11-9-19)25-29-21(26(2,3)4)17-23(33(25)30-18)32-15-13-31(14-16-32)22-7-5-6-12-28-22/h5-12,17H,13-16H2,1-4H3. The van der Waals surface area contributed by atoms with Crippen LogP contribution in [0.1, 0.15) is 32.2 Å². The summed E-state index contributed by atoms with van der Waals surface area (Å²) in [7, 11) is 0. The number of nitrogens with zero attached hydrogens (tertiary/aromatic N) is 6. The maximum Gasteiger partial charge on any atom is 0.165 e. The second kappa shape index (κ2) is 8.14. The summed E-state index contributed by atoms with van der Waals surface area (Å²) in [6, 6.07) is 14.8. The Morgan fingerprint density at radius 1 is 0.909 bits per heavy atom. The van der Waals surface area contributed by atoms with E-state index in [9.17, 15) is 4.39 Å². The van der Waals surface area contributed by atoms with Crippen molar-refractivity contribution in [3.05, 3.63) is 71.9 Å². The van der Waals surface area contributed by atoms with Crippen LogP contribution in [0, 0.1) is 12.7 Å². The van der Waals surface area contributed by atoms with Crippen LogP contribution in [0.5, 0.6) is 0 Å². The van der Waals surface area contributed by atoms with Crippen LogP contribution in [-0.2, 0) is 5.41 Å². The molecular weight excluding hydrogens is 415 g/mol. The SMILES string of the molecule is Cc1nn2c(N3CCN(c4ccccn4)CC3)cc(C(C)(C)C)nc2c1-c1ccc(F)cc1. The van der Waals surface area contributed by atoms with Crippen LogP contribution in [-0.4, -0.2) is 45.8 Å². The van der Waals surface area contributed by atoms with Crippen molar-refractivity contribution in [2.45, 2.75) is 33.1 Å². The molecule has 0 N–H and O–H groups in total. The first-order chi connectivity index (χ1) is 15.8. The lowest BCUT2D eigenvalue weighted by Gasteiger charge is -2.37. The van der Waals surface area contributed by atoms with Crippen LogP contribution in [0.3, 0.4) is 0 Å². The minimum atomic E-state index is -0.248. The van der Waals surface area contributed by atoms with Crippen molar-refractivity contribution in [2.75, 3.05) is 36.0 Å². The van der Waals surface area contributed by atoms with Crippen LogP contribution >= 0.6 is 0 Å². The molecule has 4 aromatic rings. The Kier molecular flexibility index (Phi) is 5.27. The number of benzene rings is 1. The molecule has 6 nitrogen and oxygen atoms in total. The quantitative estimate of drug-likeness (QED) is 0.452. The topological polar surface area (TPSA) is 49.6 Å². The molecule has 5 rings (SSSR count). The van der Waals surface area contributed by atoms with Gasteiger partial charge in [-0.1, -0.05) is 39.0 Å². The molecule has 0 amide bonds. The molecule has 1 aliphatic heterocycles. The normalized spacial score (nSPS) is 14.8. The molecule has 4 heterocycles. The number of hydrogen-bond acceptors (Lipinski definition) is 5. The van der Waals surface area contributed by atoms with Crippen molar-refractivity contribution < 1.29 is 4.39 Å². The van der Waals surface area contributed by atoms with Gasteiger partial charge in [0.05, 0.1) is 11.4 Å². The second-order valence-electron chi connectivity index (χ2n) is 9.61. The summed E-state index contributed by atoms with van der Waals surface area (Å²) in [6.07, 6.45) is 1.84. The molecule has 0 spiro atoms. The van der Waals surface area contributed by atoms with E-state index < -0.39 is 0 Å². The van der Waals surface area contributed by atoms with Gasteiger partial charge in [-0.25, -0.2) is 14.4 Å². The molecule has 0 saturated carbocycles. The van der Waals surface area contributed by atoms with Crippen LogP contribution in [0.4, 0.5) is 16.0 Å². The van der Waals surface area contributed by atoms with Crippen LogP contribution in [0.2, 0.25) is 0 Å². The molecule has 0 aliphatic carbocycles. The molecule has 1 aromatic carbocycles. The highest BCUT2D eigenvalue weighted by Crippen LogP contribution is 2.33. The molecule has 170 valence electrons. The first-order valence-corrected chi connectivity index (χ1v) is 11.4. The van der Waals surface area contributed by atoms with Gasteiger partial charge >= 0.3 is 0 Å². The highest BCUT2D eigenvalue weighted by atomic mass is 19.1. The van der Waals surface area contributed by atoms with E-state index in [4.69, 9.17) is 10.1 Å². The van der Waals surface area contributed by atoms with E-state index in [0.717, 1.165) is 66.0 Å². The fraction of sp³-hybridized carbons (Fsp3) is 0.346. The summed E-state index contributed by atoms with van der Waals surface area (Å²) in [4.78, 5) is 14.2. The van der Waals surface area contributed by atoms with E-state index in [1.807, 2.05) is 29.8 Å². The van der Waals surface area contributed by atoms with Gasteiger partial charge in [-0.3, -0.25) is 0 Å². The lowest BCUT2D eigenvalue weighted by molar-refractivity contribution is 0.565. The summed E-state index contributed by atoms with van der Waals surface area (Å²) in [5.74, 6) is 1.81. The van der Waals surface area contributed by atoms with Gasteiger partial charge in [-0.2, -0.15) is 9.61 Å². The first-order valence-electron chi connectivity index (χ1n) is 11.4. The van der Waals surface area contributed by atoms with Gasteiger partial charge in [-0.05, 0) is 36.8 Å². The second-order valence-corrected chi connectivity index (χ2v) is 9.61. The number of pyridine rings is 1. The van der Waals surface area contributed by atoms with E-state index in [0.29, 0.717) is 0 Å². The molecular formula is C26H29FN6. The van der Waals surface area contributed by atoms with Crippen molar-refractivity contribution in [2.24, 2.45) is 0 Å². The lowest BCUT2D eigenvalue weighted by atomic mass is 9.91. The number of fused-ring (bicyclic) bond motifs is 1. The third-order valence-corrected chi connectivity index (χ3v) is 6.22. The Hall–Kier alpha value is -3.48. The zero-order valence-corrected chi connectivity index (χ0v) is 19.6. The van der Waals surface area contributed by atoms with E-state index in [1.54, 1.807) is 12.1 Å². The smallest absolute Gasteiger partial charge is 0.165 e. The predicted molar refractivity (Wildman–Crippen MR) is 130 cm³/mol. The number of hydrogen-bond donors (Lipinski definition) is 0. The van der Waals surface area contributed by atoms with E-state index in [-0.39, 0.29) is 11.2 Å². The van der Waals surface area contributed by atoms with Gasteiger partial charge in [0.25, 0.3) is 0 Å². The number of aryl methyl sites for hydroxylation is 1. The maximum atomic E-state index is 13.6. The van der Waals surface area contributed by atoms with Gasteiger partial charge in [0.15, 0.2) is 5.65 Å². The monoisotopic (exact) mass is 444 g/mol. The third kappa shape index (κ3) is 4.03. The Balaban J connectivity index is 1.57. The number of piperazine rings is 1. The molecule has 0 atom stereocenters. The summed E-state index contributed by atoms with van der Waals surface area (Å²) >= 11 is 0. The van der Waals surface area contributed by atoms with Crippen molar-refractivity contribution in [3.8, 4) is 11.1 Å². The Morgan fingerprint density at radius 3 is 2.24 bits per heavy atom. The fourth-order valence-corrected chi connectivity index (χ4v) is 4.38. The molecule has 0 radical (unpaired) electrons. The number of aromatic nitrogens is 4. The fourth-order valence-electron chi connectivity index (χ4n) is 4.38. The molecule has 0 unspecified atom stereocenters. The largest absolute Gasteiger partial charge is 0.353 e. The summed E-state index contributed by atoms with van der Waals surface area (Å²) < 4.78 is 15.5. The number of rotatable bonds is 3. The number of anilines is 2. The summed E-state index contributed by atoms with van der Waals surface area (Å²) in [5, 5.41) is 4.88. The molecule has 33 heavy (non-hydrogen) atoms. The van der Waals surface area contributed by atoms with Gasteiger partial charge in [0.2, 0.25) is 0 Å². The molecule has 7 heteroatoms. The predicted octanol–water partition coefficient (Wildman–Crippen LogP) is 4.86. The van der Waals surface area contributed by atoms with E-state index in [1.165, 1.54) is 12.1 Å². The van der Waals surface area contributed by atoms with Gasteiger partial charge in [-0.15, -0.1) is 0 Å². The average Bonchev–Trinajstić information content (AvgIpc) is 3.15. The minimum absolute atomic E-state index is 0.121. The third-order valence-electron chi connectivity index (χ3n) is 6.22. The lowest BCUT2D eigenvalue weighted by Crippen LogP contribution is -2.47. The van der Waals surface area contributed by atoms with Crippen molar-refractivity contribution in [1.29, 1.82) is 0 Å². The molecule has 1 saturated heterocycles. The van der Waals surface area contributed by atoms with E-state index >= 15 is 0 Å². The first kappa shape index (κ1) is 21.4. The summed E-state index contributed by atoms with van der Waals surface area (Å²) in [6.45, 7) is 12.0. The molecule has 3 aromatic heterocycles. The summed E-state index contributed by atoms with van der Waals surface area (Å²) in [5.41, 5.74) is 4.47. The number of halogens is 1. The molecule has 1 fully saturated rings. The van der Waals surface area contributed by atoms with Gasteiger partial charge < -0.3 is 9.80 Å². The average molecular weight is 445 g/mol. The van der Waals surface area contributed by atoms with Crippen LogP contribution in [0.15, 0.2) is 54.7 Å². The zero-order chi connectivity index (χ0) is 23.2. The van der Waals surface area contributed by atoms with Crippen LogP contribution in [0.25, 0.3) is 16.8 Å². The van der Waals surface area contributed by atoms with Crippen molar-refractivity contribution in [1.82, 2.24) is 19.6 Å². The Morgan fingerprint density at radius 2 is 1.61 bits per heavy atom. The van der Waals surface area contributed by atoms with Crippen molar-refractivity contribution in [3.63, 3.8) is 0 Å². The Labute approximate surface area is 193 Å². The highest BCUT2D eigenvalue weighted by Gasteiger charge is 2.26. The van der Waals surface area contributed by atoms with Gasteiger partial charge in [0.1, 0.15) is 17.5 Å². The van der Waals surface area contributed by atoms with Crippen molar-refractivity contribution >= 4 is 17.3 Å². The maximum absolute atomic E-state index is 13.6. The van der Waals surface area contributed by atoms with Gasteiger partial charge in [0, 0.05) is 49.4 Å². The molecule has 1 aliphatic rings. The van der Waals surface area contributed by atoms with Crippen LogP contribution < -0.4 is 9.80 Å². The zero-order valence-electron chi connectivity index (χ0n) is 19.6.